The largest absolute Gasteiger partial charge is 0.336 e. The highest BCUT2D eigenvalue weighted by Gasteiger charge is 2.04. The molecule has 4 nitrogen and oxygen atoms in total. The van der Waals surface area contributed by atoms with Gasteiger partial charge in [-0.2, -0.15) is 0 Å². The predicted octanol–water partition coefficient (Wildman–Crippen LogP) is 2.85. The molecule has 0 aliphatic carbocycles. The van der Waals surface area contributed by atoms with Gasteiger partial charge >= 0.3 is 0 Å². The molecule has 2 aromatic rings. The lowest BCUT2D eigenvalue weighted by Gasteiger charge is -2.07. The molecule has 0 bridgehead atoms. The molecule has 0 aliphatic heterocycles. The summed E-state index contributed by atoms with van der Waals surface area (Å²) in [6.45, 7) is 2.08. The molecule has 0 saturated carbocycles. The van der Waals surface area contributed by atoms with E-state index in [2.05, 4.69) is 33.2 Å². The zero-order valence-corrected chi connectivity index (χ0v) is 11.9. The van der Waals surface area contributed by atoms with E-state index < -0.39 is 0 Å². The maximum absolute atomic E-state index is 11.9. The maximum atomic E-state index is 11.9. The van der Waals surface area contributed by atoms with E-state index in [1.54, 1.807) is 19.3 Å². The van der Waals surface area contributed by atoms with E-state index in [0.29, 0.717) is 11.5 Å². The van der Waals surface area contributed by atoms with Crippen LogP contribution < -0.4 is 10.9 Å². The van der Waals surface area contributed by atoms with Crippen LogP contribution in [0.1, 0.15) is 12.5 Å². The van der Waals surface area contributed by atoms with Crippen LogP contribution in [0.5, 0.6) is 0 Å². The molecular weight excluding hydrogens is 294 g/mol. The van der Waals surface area contributed by atoms with Crippen LogP contribution in [-0.4, -0.2) is 9.55 Å². The average Bonchev–Trinajstić information content (AvgIpc) is 2.36. The third-order valence-corrected chi connectivity index (χ3v) is 3.08. The Morgan fingerprint density at radius 2 is 2.22 bits per heavy atom. The van der Waals surface area contributed by atoms with Gasteiger partial charge in [0.15, 0.2) is 0 Å². The van der Waals surface area contributed by atoms with E-state index >= 15 is 0 Å². The molecule has 0 atom stereocenters. The summed E-state index contributed by atoms with van der Waals surface area (Å²) in [4.78, 5) is 16.2. The summed E-state index contributed by atoms with van der Waals surface area (Å²) in [6.07, 6.45) is 4.48. The number of hydrogen-bond acceptors (Lipinski definition) is 3. The molecule has 0 aromatic carbocycles. The monoisotopic (exact) mass is 307 g/mol. The van der Waals surface area contributed by atoms with Crippen LogP contribution in [-0.2, 0) is 13.5 Å². The average molecular weight is 308 g/mol. The van der Waals surface area contributed by atoms with Gasteiger partial charge in [0.05, 0.1) is 0 Å². The molecule has 2 heterocycles. The lowest BCUT2D eigenvalue weighted by molar-refractivity contribution is 0.858. The van der Waals surface area contributed by atoms with Crippen molar-refractivity contribution in [2.75, 3.05) is 5.32 Å². The standard InChI is InChI=1S/C13H14BrN3O/c1-3-9-4-5-12(15-7-9)16-11-6-10(14)8-17(2)13(11)18/h4-8H,3H2,1-2H3,(H,15,16). The lowest BCUT2D eigenvalue weighted by Crippen LogP contribution is -2.19. The van der Waals surface area contributed by atoms with Gasteiger partial charge in [-0.15, -0.1) is 0 Å². The Hall–Kier alpha value is -1.62. The van der Waals surface area contributed by atoms with Gasteiger partial charge in [-0.25, -0.2) is 4.98 Å². The van der Waals surface area contributed by atoms with Crippen LogP contribution in [0.3, 0.4) is 0 Å². The number of nitrogens with zero attached hydrogens (tertiary/aromatic N) is 2. The van der Waals surface area contributed by atoms with Crippen LogP contribution in [0, 0.1) is 0 Å². The van der Waals surface area contributed by atoms with Crippen LogP contribution in [0.25, 0.3) is 0 Å². The van der Waals surface area contributed by atoms with E-state index in [4.69, 9.17) is 0 Å². The number of hydrogen-bond donors (Lipinski definition) is 1. The summed E-state index contributed by atoms with van der Waals surface area (Å²) in [7, 11) is 1.71. The quantitative estimate of drug-likeness (QED) is 0.948. The molecule has 0 fully saturated rings. The van der Waals surface area contributed by atoms with E-state index in [9.17, 15) is 4.79 Å². The van der Waals surface area contributed by atoms with Crippen molar-refractivity contribution in [3.8, 4) is 0 Å². The second kappa shape index (κ2) is 5.35. The van der Waals surface area contributed by atoms with Crippen molar-refractivity contribution >= 4 is 27.4 Å². The zero-order valence-electron chi connectivity index (χ0n) is 10.3. The van der Waals surface area contributed by atoms with Gasteiger partial charge < -0.3 is 9.88 Å². The Balaban J connectivity index is 2.31. The Labute approximate surface area is 114 Å². The molecule has 0 unspecified atom stereocenters. The minimum absolute atomic E-state index is 0.0837. The Kier molecular flexibility index (Phi) is 3.81. The van der Waals surface area contributed by atoms with Crippen molar-refractivity contribution in [2.24, 2.45) is 7.05 Å². The van der Waals surface area contributed by atoms with Gasteiger partial charge in [-0.05, 0) is 40.0 Å². The highest BCUT2D eigenvalue weighted by atomic mass is 79.9. The summed E-state index contributed by atoms with van der Waals surface area (Å²) in [5.41, 5.74) is 1.59. The lowest BCUT2D eigenvalue weighted by atomic mass is 10.2. The van der Waals surface area contributed by atoms with Crippen LogP contribution >= 0.6 is 15.9 Å². The summed E-state index contributed by atoms with van der Waals surface area (Å²) in [5, 5.41) is 3.03. The fraction of sp³-hybridized carbons (Fsp3) is 0.231. The van der Waals surface area contributed by atoms with Gasteiger partial charge in [0, 0.05) is 23.9 Å². The molecule has 5 heteroatoms. The van der Waals surface area contributed by atoms with Crippen molar-refractivity contribution in [3.05, 3.63) is 51.0 Å². The van der Waals surface area contributed by atoms with Crippen molar-refractivity contribution in [2.45, 2.75) is 13.3 Å². The molecule has 18 heavy (non-hydrogen) atoms. The number of pyridine rings is 2. The first-order valence-corrected chi connectivity index (χ1v) is 6.47. The molecular formula is C13H14BrN3O. The second-order valence-corrected chi connectivity index (χ2v) is 4.93. The maximum Gasteiger partial charge on any atom is 0.274 e. The highest BCUT2D eigenvalue weighted by molar-refractivity contribution is 9.10. The van der Waals surface area contributed by atoms with Crippen molar-refractivity contribution in [1.82, 2.24) is 9.55 Å². The number of rotatable bonds is 3. The molecule has 1 N–H and O–H groups in total. The van der Waals surface area contributed by atoms with Crippen molar-refractivity contribution < 1.29 is 0 Å². The van der Waals surface area contributed by atoms with Gasteiger partial charge in [0.1, 0.15) is 11.5 Å². The SMILES string of the molecule is CCc1ccc(Nc2cc(Br)cn(C)c2=O)nc1. The molecule has 0 amide bonds. The van der Waals surface area contributed by atoms with Gasteiger partial charge in [-0.3, -0.25) is 4.79 Å². The minimum Gasteiger partial charge on any atom is -0.336 e. The van der Waals surface area contributed by atoms with Crippen LogP contribution in [0.15, 0.2) is 39.9 Å². The van der Waals surface area contributed by atoms with Crippen LogP contribution in [0.2, 0.25) is 0 Å². The predicted molar refractivity (Wildman–Crippen MR) is 76.3 cm³/mol. The van der Waals surface area contributed by atoms with Crippen molar-refractivity contribution in [3.63, 3.8) is 0 Å². The molecule has 0 saturated heterocycles. The highest BCUT2D eigenvalue weighted by Crippen LogP contribution is 2.15. The van der Waals surface area contributed by atoms with Crippen molar-refractivity contribution in [1.29, 1.82) is 0 Å². The summed E-state index contributed by atoms with van der Waals surface area (Å²) < 4.78 is 2.37. The summed E-state index contributed by atoms with van der Waals surface area (Å²) >= 11 is 3.36. The van der Waals surface area contributed by atoms with E-state index in [0.717, 1.165) is 10.9 Å². The topological polar surface area (TPSA) is 46.9 Å². The van der Waals surface area contributed by atoms with Gasteiger partial charge in [0.2, 0.25) is 0 Å². The van der Waals surface area contributed by atoms with E-state index in [1.807, 2.05) is 18.3 Å². The number of anilines is 2. The third kappa shape index (κ3) is 2.79. The number of halogens is 1. The minimum atomic E-state index is -0.0837. The smallest absolute Gasteiger partial charge is 0.274 e. The Bertz CT molecular complexity index is 605. The summed E-state index contributed by atoms with van der Waals surface area (Å²) in [5.74, 6) is 0.669. The first-order chi connectivity index (χ1) is 8.60. The summed E-state index contributed by atoms with van der Waals surface area (Å²) in [6, 6.07) is 5.62. The second-order valence-electron chi connectivity index (χ2n) is 4.02. The number of aromatic nitrogens is 2. The Morgan fingerprint density at radius 1 is 1.44 bits per heavy atom. The molecule has 0 spiro atoms. The molecule has 2 aromatic heterocycles. The third-order valence-electron chi connectivity index (χ3n) is 2.65. The van der Waals surface area contributed by atoms with Gasteiger partial charge in [-0.1, -0.05) is 13.0 Å². The molecule has 94 valence electrons. The zero-order chi connectivity index (χ0) is 13.1. The first-order valence-electron chi connectivity index (χ1n) is 5.68. The fourth-order valence-corrected chi connectivity index (χ4v) is 2.14. The number of nitrogens with one attached hydrogen (secondary N) is 1. The molecule has 0 aliphatic rings. The normalized spacial score (nSPS) is 10.4. The van der Waals surface area contributed by atoms with Gasteiger partial charge in [0.25, 0.3) is 5.56 Å². The molecule has 0 radical (unpaired) electrons. The van der Waals surface area contributed by atoms with E-state index in [1.165, 1.54) is 10.1 Å². The van der Waals surface area contributed by atoms with E-state index in [-0.39, 0.29) is 5.56 Å². The first kappa shape index (κ1) is 12.8. The fourth-order valence-electron chi connectivity index (χ4n) is 1.61. The number of aryl methyl sites for hydroxylation is 2. The van der Waals surface area contributed by atoms with Crippen LogP contribution in [0.4, 0.5) is 11.5 Å². The Morgan fingerprint density at radius 3 is 2.83 bits per heavy atom. The molecule has 2 rings (SSSR count).